The van der Waals surface area contributed by atoms with Gasteiger partial charge in [-0.15, -0.1) is 23.7 Å². The largest absolute Gasteiger partial charge is 0.493 e. The second-order valence-corrected chi connectivity index (χ2v) is 5.40. The van der Waals surface area contributed by atoms with E-state index in [1.807, 2.05) is 11.4 Å². The molecule has 1 aromatic carbocycles. The van der Waals surface area contributed by atoms with Crippen LogP contribution in [0.25, 0.3) is 0 Å². The molecule has 1 atom stereocenters. The number of hydrogen-bond acceptors (Lipinski definition) is 6. The topological polar surface area (TPSA) is 86.5 Å². The minimum Gasteiger partial charge on any atom is -0.493 e. The highest BCUT2D eigenvalue weighted by molar-refractivity contribution is 7.07. The Kier molecular flexibility index (Phi) is 7.80. The second-order valence-electron chi connectivity index (χ2n) is 4.68. The summed E-state index contributed by atoms with van der Waals surface area (Å²) in [7, 11) is 3.14. The number of nitrogens with two attached hydrogens (primary N) is 1. The fourth-order valence-electron chi connectivity index (χ4n) is 1.99. The van der Waals surface area contributed by atoms with Crippen LogP contribution in [0.5, 0.6) is 11.5 Å². The molecule has 6 nitrogen and oxygen atoms in total. The maximum atomic E-state index is 11.9. The number of thiazole rings is 1. The first-order valence-electron chi connectivity index (χ1n) is 6.75. The number of nitrogens with zero attached hydrogens (tertiary/aromatic N) is 1. The number of rotatable bonds is 7. The van der Waals surface area contributed by atoms with Crippen molar-refractivity contribution in [2.75, 3.05) is 14.2 Å². The third-order valence-corrected chi connectivity index (χ3v) is 3.83. The van der Waals surface area contributed by atoms with E-state index in [0.717, 1.165) is 11.3 Å². The Balaban J connectivity index is 0.00000264. The van der Waals surface area contributed by atoms with Crippen LogP contribution in [-0.4, -0.2) is 25.1 Å². The molecule has 1 amide bonds. The molecule has 0 spiro atoms. The van der Waals surface area contributed by atoms with Crippen molar-refractivity contribution in [3.05, 3.63) is 40.3 Å². The lowest BCUT2D eigenvalue weighted by Gasteiger charge is -2.14. The second kappa shape index (κ2) is 9.34. The van der Waals surface area contributed by atoms with Gasteiger partial charge in [0.15, 0.2) is 11.5 Å². The van der Waals surface area contributed by atoms with Crippen molar-refractivity contribution in [3.63, 3.8) is 0 Å². The van der Waals surface area contributed by atoms with Gasteiger partial charge in [-0.2, -0.15) is 0 Å². The molecule has 1 unspecified atom stereocenters. The van der Waals surface area contributed by atoms with E-state index in [1.54, 1.807) is 31.9 Å². The molecule has 2 rings (SSSR count). The Morgan fingerprint density at radius 1 is 1.35 bits per heavy atom. The van der Waals surface area contributed by atoms with Crippen LogP contribution in [0.3, 0.4) is 0 Å². The number of benzene rings is 1. The number of methoxy groups -OCH3 is 2. The fourth-order valence-corrected chi connectivity index (χ4v) is 2.55. The lowest BCUT2D eigenvalue weighted by Crippen LogP contribution is -2.27. The first-order valence-corrected chi connectivity index (χ1v) is 7.69. The van der Waals surface area contributed by atoms with Gasteiger partial charge in [-0.3, -0.25) is 4.79 Å². The van der Waals surface area contributed by atoms with E-state index in [9.17, 15) is 4.79 Å². The van der Waals surface area contributed by atoms with Crippen molar-refractivity contribution in [2.45, 2.75) is 19.0 Å². The van der Waals surface area contributed by atoms with Gasteiger partial charge in [-0.25, -0.2) is 4.98 Å². The van der Waals surface area contributed by atoms with Gasteiger partial charge in [0.1, 0.15) is 0 Å². The molecule has 0 aliphatic heterocycles. The molecule has 0 fully saturated rings. The van der Waals surface area contributed by atoms with Crippen molar-refractivity contribution in [2.24, 2.45) is 5.73 Å². The maximum Gasteiger partial charge on any atom is 0.222 e. The molecule has 0 saturated carbocycles. The third kappa shape index (κ3) is 5.38. The molecule has 8 heteroatoms. The minimum absolute atomic E-state index is 0. The highest BCUT2D eigenvalue weighted by atomic mass is 35.5. The molecule has 23 heavy (non-hydrogen) atoms. The Morgan fingerprint density at radius 3 is 2.70 bits per heavy atom. The van der Waals surface area contributed by atoms with Crippen LogP contribution >= 0.6 is 23.7 Å². The summed E-state index contributed by atoms with van der Waals surface area (Å²) in [6.07, 6.45) is 0.194. The third-order valence-electron chi connectivity index (χ3n) is 3.19. The van der Waals surface area contributed by atoms with Gasteiger partial charge in [0.25, 0.3) is 0 Å². The lowest BCUT2D eigenvalue weighted by molar-refractivity contribution is -0.121. The summed E-state index contributed by atoms with van der Waals surface area (Å²) in [5.41, 5.74) is 9.49. The van der Waals surface area contributed by atoms with Crippen molar-refractivity contribution < 1.29 is 14.3 Å². The van der Waals surface area contributed by atoms with Gasteiger partial charge in [0.05, 0.1) is 32.0 Å². The number of carbonyl (C=O) groups excluding carboxylic acids is 1. The normalized spacial score (nSPS) is 11.3. The number of ether oxygens (including phenoxy) is 2. The van der Waals surface area contributed by atoms with E-state index in [2.05, 4.69) is 10.3 Å². The fraction of sp³-hybridized carbons (Fsp3) is 0.333. The molecule has 1 aromatic heterocycles. The number of halogens is 1. The zero-order valence-corrected chi connectivity index (χ0v) is 14.6. The Hall–Kier alpha value is -1.83. The van der Waals surface area contributed by atoms with Gasteiger partial charge < -0.3 is 20.5 Å². The smallest absolute Gasteiger partial charge is 0.222 e. The Morgan fingerprint density at radius 2 is 2.09 bits per heavy atom. The highest BCUT2D eigenvalue weighted by Crippen LogP contribution is 2.30. The van der Waals surface area contributed by atoms with Gasteiger partial charge in [-0.1, -0.05) is 6.07 Å². The Bertz CT molecular complexity index is 622. The minimum atomic E-state index is -0.407. The van der Waals surface area contributed by atoms with Crippen molar-refractivity contribution in [1.82, 2.24) is 10.3 Å². The molecule has 1 heterocycles. The molecule has 2 aromatic rings. The SMILES string of the molecule is COc1ccc(C(N)CC(=O)NCc2cscn2)cc1OC.Cl. The molecule has 3 N–H and O–H groups in total. The van der Waals surface area contributed by atoms with E-state index in [0.29, 0.717) is 18.0 Å². The van der Waals surface area contributed by atoms with Crippen LogP contribution in [0.4, 0.5) is 0 Å². The summed E-state index contributed by atoms with van der Waals surface area (Å²) in [4.78, 5) is 16.0. The first kappa shape index (κ1) is 19.2. The summed E-state index contributed by atoms with van der Waals surface area (Å²) in [6.45, 7) is 0.418. The summed E-state index contributed by atoms with van der Waals surface area (Å²) < 4.78 is 10.4. The summed E-state index contributed by atoms with van der Waals surface area (Å²) in [5, 5.41) is 4.70. The average Bonchev–Trinajstić information content (AvgIpc) is 3.05. The van der Waals surface area contributed by atoms with E-state index >= 15 is 0 Å². The maximum absolute atomic E-state index is 11.9. The number of nitrogens with one attached hydrogen (secondary N) is 1. The van der Waals surface area contributed by atoms with Crippen LogP contribution < -0.4 is 20.5 Å². The molecule has 126 valence electrons. The zero-order valence-electron chi connectivity index (χ0n) is 12.9. The van der Waals surface area contributed by atoms with Crippen LogP contribution in [0.1, 0.15) is 23.7 Å². The van der Waals surface area contributed by atoms with E-state index < -0.39 is 6.04 Å². The lowest BCUT2D eigenvalue weighted by atomic mass is 10.0. The summed E-state index contributed by atoms with van der Waals surface area (Å²) in [5.74, 6) is 1.11. The number of hydrogen-bond donors (Lipinski definition) is 2. The monoisotopic (exact) mass is 357 g/mol. The molecule has 0 aliphatic carbocycles. The predicted octanol–water partition coefficient (Wildman–Crippen LogP) is 2.29. The van der Waals surface area contributed by atoms with Gasteiger partial charge in [-0.05, 0) is 17.7 Å². The predicted molar refractivity (Wildman–Crippen MR) is 92.3 cm³/mol. The Labute approximate surface area is 145 Å². The number of amides is 1. The molecule has 0 bridgehead atoms. The molecule has 0 aliphatic rings. The standard InChI is InChI=1S/C15H19N3O3S.ClH/c1-20-13-4-3-10(5-14(13)21-2)12(16)6-15(19)17-7-11-8-22-9-18-11;/h3-5,8-9,12H,6-7,16H2,1-2H3,(H,17,19);1H. The van der Waals surface area contributed by atoms with E-state index in [-0.39, 0.29) is 24.7 Å². The van der Waals surface area contributed by atoms with Crippen LogP contribution in [0, 0.1) is 0 Å². The number of carbonyl (C=O) groups is 1. The molecular weight excluding hydrogens is 338 g/mol. The first-order chi connectivity index (χ1) is 10.6. The highest BCUT2D eigenvalue weighted by Gasteiger charge is 2.14. The number of aromatic nitrogens is 1. The van der Waals surface area contributed by atoms with Crippen LogP contribution in [0.15, 0.2) is 29.1 Å². The molecule has 0 saturated heterocycles. The van der Waals surface area contributed by atoms with Crippen molar-refractivity contribution >= 4 is 29.7 Å². The molecular formula is C15H20ClN3O3S. The summed E-state index contributed by atoms with van der Waals surface area (Å²) in [6, 6.07) is 4.99. The quantitative estimate of drug-likeness (QED) is 0.794. The average molecular weight is 358 g/mol. The van der Waals surface area contributed by atoms with Crippen molar-refractivity contribution in [1.29, 1.82) is 0 Å². The van der Waals surface area contributed by atoms with Gasteiger partial charge in [0, 0.05) is 17.8 Å². The molecule has 0 radical (unpaired) electrons. The van der Waals surface area contributed by atoms with Crippen LogP contribution in [0.2, 0.25) is 0 Å². The van der Waals surface area contributed by atoms with Gasteiger partial charge >= 0.3 is 0 Å². The van der Waals surface area contributed by atoms with Crippen molar-refractivity contribution in [3.8, 4) is 11.5 Å². The summed E-state index contributed by atoms with van der Waals surface area (Å²) >= 11 is 1.50. The van der Waals surface area contributed by atoms with E-state index in [1.165, 1.54) is 11.3 Å². The van der Waals surface area contributed by atoms with E-state index in [4.69, 9.17) is 15.2 Å². The van der Waals surface area contributed by atoms with Crippen LogP contribution in [-0.2, 0) is 11.3 Å². The van der Waals surface area contributed by atoms with Gasteiger partial charge in [0.2, 0.25) is 5.91 Å². The zero-order chi connectivity index (χ0) is 15.9.